The minimum absolute atomic E-state index is 0.0708. The molecule has 0 amide bonds. The van der Waals surface area contributed by atoms with Crippen LogP contribution in [0.25, 0.3) is 22.3 Å². The lowest BCUT2D eigenvalue weighted by atomic mass is 9.99. The molecule has 13 nitrogen and oxygen atoms in total. The van der Waals surface area contributed by atoms with Crippen LogP contribution in [0.1, 0.15) is 0 Å². The maximum absolute atomic E-state index is 12.7. The van der Waals surface area contributed by atoms with Gasteiger partial charge in [0.25, 0.3) is 0 Å². The van der Waals surface area contributed by atoms with Crippen LogP contribution < -0.4 is 14.9 Å². The quantitative estimate of drug-likeness (QED) is 0.224. The third kappa shape index (κ3) is 4.15. The molecule has 4 rings (SSSR count). The number of aliphatic hydroxyl groups is 4. The van der Waals surface area contributed by atoms with Gasteiger partial charge in [-0.1, -0.05) is 0 Å². The first kappa shape index (κ1) is 24.4. The topological polar surface area (TPSA) is 220 Å². The molecular weight excluding hydrogens is 472 g/mol. The lowest BCUT2D eigenvalue weighted by molar-refractivity contribution is -0.277. The zero-order valence-corrected chi connectivity index (χ0v) is 18.0. The van der Waals surface area contributed by atoms with Crippen LogP contribution in [-0.2, 0) is 4.74 Å². The predicted octanol–water partition coefficient (Wildman–Crippen LogP) is -0.530. The average Bonchev–Trinajstić information content (AvgIpc) is 2.82. The van der Waals surface area contributed by atoms with E-state index in [1.54, 1.807) is 0 Å². The number of aliphatic hydroxyl groups excluding tert-OH is 4. The number of hydrogen-bond donors (Lipinski definition) is 8. The molecule has 1 aromatic heterocycles. The number of aromatic hydroxyl groups is 4. The Bertz CT molecular complexity index is 1320. The van der Waals surface area contributed by atoms with E-state index in [9.17, 15) is 45.6 Å². The van der Waals surface area contributed by atoms with Gasteiger partial charge in [-0.15, -0.1) is 0 Å². The zero-order chi connectivity index (χ0) is 25.6. The molecular formula is C22H22O13. The van der Waals surface area contributed by atoms with Crippen LogP contribution in [0.5, 0.6) is 34.5 Å². The van der Waals surface area contributed by atoms with Crippen LogP contribution >= 0.6 is 0 Å². The highest BCUT2D eigenvalue weighted by molar-refractivity contribution is 5.88. The van der Waals surface area contributed by atoms with E-state index in [2.05, 4.69) is 0 Å². The summed E-state index contributed by atoms with van der Waals surface area (Å²) in [6, 6.07) is 4.21. The van der Waals surface area contributed by atoms with Gasteiger partial charge in [-0.2, -0.15) is 0 Å². The van der Waals surface area contributed by atoms with Crippen molar-refractivity contribution in [3.63, 3.8) is 0 Å². The van der Waals surface area contributed by atoms with Crippen LogP contribution in [0, 0.1) is 0 Å². The molecule has 2 heterocycles. The summed E-state index contributed by atoms with van der Waals surface area (Å²) < 4.78 is 21.4. The third-order valence-corrected chi connectivity index (χ3v) is 5.55. The fourth-order valence-corrected chi connectivity index (χ4v) is 3.72. The highest BCUT2D eigenvalue weighted by Gasteiger charge is 2.45. The van der Waals surface area contributed by atoms with Crippen molar-refractivity contribution in [3.8, 4) is 45.8 Å². The van der Waals surface area contributed by atoms with E-state index in [1.807, 2.05) is 0 Å². The number of phenols is 3. The SMILES string of the molecule is COc1cc(-c2oc3cc(O)cc(O)c3c(=O)c2O)cc(O[C@@H]2OC(CO)[C@@H](O)C(O)C2O)c1O. The standard InChI is InChI=1S/C22H22O13/c1-32-11-2-7(21-19(30)17(28)14-9(25)4-8(24)5-10(14)33-21)3-12(15(11)26)34-22-20(31)18(29)16(27)13(6-23)35-22/h2-5,13,16,18,20,22-27,29-31H,6H2,1H3/t13?,16-,18?,20?,22-/m1/s1. The summed E-state index contributed by atoms with van der Waals surface area (Å²) in [6.45, 7) is -0.712. The number of phenolic OH excluding ortho intramolecular Hbond substituents is 3. The second-order valence-corrected chi connectivity index (χ2v) is 7.79. The van der Waals surface area contributed by atoms with Gasteiger partial charge in [0.1, 0.15) is 46.9 Å². The molecule has 0 radical (unpaired) electrons. The third-order valence-electron chi connectivity index (χ3n) is 5.55. The largest absolute Gasteiger partial charge is 0.508 e. The highest BCUT2D eigenvalue weighted by Crippen LogP contribution is 2.44. The maximum atomic E-state index is 12.7. The predicted molar refractivity (Wildman–Crippen MR) is 116 cm³/mol. The van der Waals surface area contributed by atoms with Gasteiger partial charge in [0, 0.05) is 17.7 Å². The monoisotopic (exact) mass is 494 g/mol. The second-order valence-electron chi connectivity index (χ2n) is 7.79. The van der Waals surface area contributed by atoms with Crippen molar-refractivity contribution in [3.05, 3.63) is 34.5 Å². The second kappa shape index (κ2) is 9.13. The van der Waals surface area contributed by atoms with Crippen molar-refractivity contribution in [2.75, 3.05) is 13.7 Å². The molecule has 0 bridgehead atoms. The van der Waals surface area contributed by atoms with Crippen LogP contribution in [0.3, 0.4) is 0 Å². The van der Waals surface area contributed by atoms with Gasteiger partial charge in [0.15, 0.2) is 17.3 Å². The summed E-state index contributed by atoms with van der Waals surface area (Å²) in [5, 5.41) is 79.8. The summed E-state index contributed by atoms with van der Waals surface area (Å²) in [7, 11) is 1.20. The molecule has 8 N–H and O–H groups in total. The van der Waals surface area contributed by atoms with Crippen molar-refractivity contribution >= 4 is 11.0 Å². The van der Waals surface area contributed by atoms with Crippen LogP contribution in [0.15, 0.2) is 33.5 Å². The lowest BCUT2D eigenvalue weighted by Gasteiger charge is -2.39. The van der Waals surface area contributed by atoms with Gasteiger partial charge in [-0.3, -0.25) is 4.79 Å². The van der Waals surface area contributed by atoms with Crippen molar-refractivity contribution in [1.82, 2.24) is 0 Å². The Balaban J connectivity index is 1.82. The van der Waals surface area contributed by atoms with Crippen LogP contribution in [0.2, 0.25) is 0 Å². The van der Waals surface area contributed by atoms with E-state index in [1.165, 1.54) is 13.2 Å². The van der Waals surface area contributed by atoms with Crippen LogP contribution in [-0.4, -0.2) is 85.3 Å². The number of hydrogen-bond acceptors (Lipinski definition) is 13. The van der Waals surface area contributed by atoms with E-state index in [0.29, 0.717) is 0 Å². The molecule has 13 heteroatoms. The summed E-state index contributed by atoms with van der Waals surface area (Å²) in [5.74, 6) is -3.61. The van der Waals surface area contributed by atoms with E-state index in [-0.39, 0.29) is 22.3 Å². The van der Waals surface area contributed by atoms with Crippen molar-refractivity contribution < 1.29 is 59.5 Å². The van der Waals surface area contributed by atoms with Gasteiger partial charge in [0.2, 0.25) is 23.2 Å². The maximum Gasteiger partial charge on any atom is 0.238 e. The molecule has 1 saturated heterocycles. The Hall–Kier alpha value is -3.75. The summed E-state index contributed by atoms with van der Waals surface area (Å²) >= 11 is 0. The van der Waals surface area contributed by atoms with Gasteiger partial charge < -0.3 is 59.5 Å². The van der Waals surface area contributed by atoms with Gasteiger partial charge >= 0.3 is 0 Å². The summed E-state index contributed by atoms with van der Waals surface area (Å²) in [5.41, 5.74) is -1.34. The minimum atomic E-state index is -1.79. The Kier molecular flexibility index (Phi) is 6.36. The highest BCUT2D eigenvalue weighted by atomic mass is 16.7. The summed E-state index contributed by atoms with van der Waals surface area (Å²) in [6.07, 6.45) is -8.13. The lowest BCUT2D eigenvalue weighted by Crippen LogP contribution is -2.60. The first-order chi connectivity index (χ1) is 16.6. The molecule has 0 aliphatic carbocycles. The van der Waals surface area contributed by atoms with E-state index >= 15 is 0 Å². The molecule has 0 saturated carbocycles. The Labute approximate surface area is 195 Å². The van der Waals surface area contributed by atoms with E-state index in [4.69, 9.17) is 18.6 Å². The molecule has 1 fully saturated rings. The average molecular weight is 494 g/mol. The van der Waals surface area contributed by atoms with Crippen molar-refractivity contribution in [2.45, 2.75) is 30.7 Å². The number of benzene rings is 2. The Morgan fingerprint density at radius 1 is 0.914 bits per heavy atom. The fourth-order valence-electron chi connectivity index (χ4n) is 3.72. The molecule has 1 aliphatic rings. The minimum Gasteiger partial charge on any atom is -0.508 e. The van der Waals surface area contributed by atoms with Gasteiger partial charge in [-0.25, -0.2) is 0 Å². The normalized spacial score (nSPS) is 24.4. The smallest absolute Gasteiger partial charge is 0.238 e. The molecule has 0 spiro atoms. The Morgan fingerprint density at radius 3 is 2.26 bits per heavy atom. The first-order valence-electron chi connectivity index (χ1n) is 10.2. The summed E-state index contributed by atoms with van der Waals surface area (Å²) in [4.78, 5) is 12.7. The van der Waals surface area contributed by atoms with E-state index in [0.717, 1.165) is 18.2 Å². The van der Waals surface area contributed by atoms with E-state index < -0.39 is 77.2 Å². The number of rotatable bonds is 5. The molecule has 5 atom stereocenters. The molecule has 3 aromatic rings. The number of methoxy groups -OCH3 is 1. The molecule has 2 aromatic carbocycles. The molecule has 1 aliphatic heterocycles. The number of fused-ring (bicyclic) bond motifs is 1. The van der Waals surface area contributed by atoms with Gasteiger partial charge in [-0.05, 0) is 12.1 Å². The Morgan fingerprint density at radius 2 is 1.60 bits per heavy atom. The fraction of sp³-hybridized carbons (Fsp3) is 0.318. The van der Waals surface area contributed by atoms with Crippen LogP contribution in [0.4, 0.5) is 0 Å². The number of ether oxygens (including phenoxy) is 3. The van der Waals surface area contributed by atoms with Gasteiger partial charge in [0.05, 0.1) is 13.7 Å². The molecule has 3 unspecified atom stereocenters. The van der Waals surface area contributed by atoms with Crippen molar-refractivity contribution in [2.24, 2.45) is 0 Å². The molecule has 35 heavy (non-hydrogen) atoms. The zero-order valence-electron chi connectivity index (χ0n) is 18.0. The first-order valence-corrected chi connectivity index (χ1v) is 10.2. The molecule has 188 valence electrons. The van der Waals surface area contributed by atoms with Crippen molar-refractivity contribution in [1.29, 1.82) is 0 Å².